The summed E-state index contributed by atoms with van der Waals surface area (Å²) in [5.41, 5.74) is 1.15. The highest BCUT2D eigenvalue weighted by atomic mass is 32.1. The Morgan fingerprint density at radius 3 is 2.75 bits per heavy atom. The standard InChI is InChI=1S/C14H16OS/c15-14(10-5-1-2-6-10)12-9-16-13-8-4-3-7-11(12)13/h3-4,7-10,14-15H,1-2,5-6H2. The predicted octanol–water partition coefficient (Wildman–Crippen LogP) is 4.12. The Labute approximate surface area is 99.7 Å². The summed E-state index contributed by atoms with van der Waals surface area (Å²) in [6, 6.07) is 8.37. The first-order valence-electron chi connectivity index (χ1n) is 6.00. The highest BCUT2D eigenvalue weighted by molar-refractivity contribution is 7.17. The van der Waals surface area contributed by atoms with Gasteiger partial charge in [0.2, 0.25) is 0 Å². The van der Waals surface area contributed by atoms with Crippen LogP contribution in [0.5, 0.6) is 0 Å². The van der Waals surface area contributed by atoms with Gasteiger partial charge in [-0.25, -0.2) is 0 Å². The van der Waals surface area contributed by atoms with Crippen LogP contribution in [0, 0.1) is 5.92 Å². The van der Waals surface area contributed by atoms with E-state index in [2.05, 4.69) is 29.6 Å². The van der Waals surface area contributed by atoms with Gasteiger partial charge in [0.25, 0.3) is 0 Å². The molecule has 2 heteroatoms. The highest BCUT2D eigenvalue weighted by Gasteiger charge is 2.26. The molecular formula is C14H16OS. The molecule has 1 aromatic heterocycles. The number of fused-ring (bicyclic) bond motifs is 1. The number of hydrogen-bond donors (Lipinski definition) is 1. The topological polar surface area (TPSA) is 20.2 Å². The Bertz CT molecular complexity index is 482. The average molecular weight is 232 g/mol. The first kappa shape index (κ1) is 10.3. The van der Waals surface area contributed by atoms with Gasteiger partial charge in [0.1, 0.15) is 0 Å². The molecule has 2 aromatic rings. The molecule has 1 heterocycles. The Morgan fingerprint density at radius 1 is 1.19 bits per heavy atom. The molecule has 1 aliphatic carbocycles. The van der Waals surface area contributed by atoms with Crippen LogP contribution >= 0.6 is 11.3 Å². The van der Waals surface area contributed by atoms with Crippen molar-refractivity contribution in [3.63, 3.8) is 0 Å². The van der Waals surface area contributed by atoms with E-state index in [-0.39, 0.29) is 6.10 Å². The minimum absolute atomic E-state index is 0.251. The molecule has 1 aliphatic rings. The Hall–Kier alpha value is -0.860. The van der Waals surface area contributed by atoms with E-state index in [0.29, 0.717) is 5.92 Å². The van der Waals surface area contributed by atoms with Crippen molar-refractivity contribution in [1.29, 1.82) is 0 Å². The molecule has 1 atom stereocenters. The van der Waals surface area contributed by atoms with Crippen LogP contribution in [0.15, 0.2) is 29.6 Å². The summed E-state index contributed by atoms with van der Waals surface area (Å²) in [7, 11) is 0. The van der Waals surface area contributed by atoms with Crippen molar-refractivity contribution in [1.82, 2.24) is 0 Å². The lowest BCUT2D eigenvalue weighted by Crippen LogP contribution is -2.08. The van der Waals surface area contributed by atoms with Crippen molar-refractivity contribution in [2.45, 2.75) is 31.8 Å². The molecule has 0 spiro atoms. The van der Waals surface area contributed by atoms with Gasteiger partial charge < -0.3 is 5.11 Å². The lowest BCUT2D eigenvalue weighted by Gasteiger charge is -2.17. The summed E-state index contributed by atoms with van der Waals surface area (Å²) < 4.78 is 1.29. The molecule has 0 bridgehead atoms. The quantitative estimate of drug-likeness (QED) is 0.825. The maximum Gasteiger partial charge on any atom is 0.0832 e. The SMILES string of the molecule is OC(c1csc2ccccc12)C1CCCC1. The maximum atomic E-state index is 10.4. The second-order valence-electron chi connectivity index (χ2n) is 4.68. The third kappa shape index (κ3) is 1.66. The first-order valence-corrected chi connectivity index (χ1v) is 6.88. The Kier molecular flexibility index (Phi) is 2.70. The van der Waals surface area contributed by atoms with Crippen LogP contribution < -0.4 is 0 Å². The summed E-state index contributed by atoms with van der Waals surface area (Å²) in [5, 5.41) is 13.8. The molecule has 0 aliphatic heterocycles. The molecule has 1 N–H and O–H groups in total. The van der Waals surface area contributed by atoms with Gasteiger partial charge in [-0.15, -0.1) is 11.3 Å². The van der Waals surface area contributed by atoms with Gasteiger partial charge in [0, 0.05) is 4.70 Å². The van der Waals surface area contributed by atoms with Crippen molar-refractivity contribution in [3.05, 3.63) is 35.2 Å². The van der Waals surface area contributed by atoms with Crippen LogP contribution in [-0.2, 0) is 0 Å². The molecule has 1 aromatic carbocycles. The molecule has 1 nitrogen and oxygen atoms in total. The second-order valence-corrected chi connectivity index (χ2v) is 5.59. The third-order valence-electron chi connectivity index (χ3n) is 3.68. The van der Waals surface area contributed by atoms with E-state index >= 15 is 0 Å². The fraction of sp³-hybridized carbons (Fsp3) is 0.429. The van der Waals surface area contributed by atoms with Crippen LogP contribution in [0.1, 0.15) is 37.4 Å². The van der Waals surface area contributed by atoms with E-state index in [4.69, 9.17) is 0 Å². The normalized spacial score (nSPS) is 19.3. The minimum atomic E-state index is -0.251. The monoisotopic (exact) mass is 232 g/mol. The van der Waals surface area contributed by atoms with Crippen LogP contribution in [0.2, 0.25) is 0 Å². The lowest BCUT2D eigenvalue weighted by molar-refractivity contribution is 0.113. The molecule has 1 fully saturated rings. The largest absolute Gasteiger partial charge is 0.388 e. The van der Waals surface area contributed by atoms with Gasteiger partial charge in [-0.1, -0.05) is 31.0 Å². The molecule has 16 heavy (non-hydrogen) atoms. The zero-order chi connectivity index (χ0) is 11.0. The molecule has 0 radical (unpaired) electrons. The van der Waals surface area contributed by atoms with Gasteiger partial charge in [-0.3, -0.25) is 0 Å². The van der Waals surface area contributed by atoms with Crippen molar-refractivity contribution in [2.75, 3.05) is 0 Å². The smallest absolute Gasteiger partial charge is 0.0832 e. The molecule has 0 saturated heterocycles. The third-order valence-corrected chi connectivity index (χ3v) is 4.66. The molecule has 84 valence electrons. The number of aliphatic hydroxyl groups excluding tert-OH is 1. The van der Waals surface area contributed by atoms with Gasteiger partial charge >= 0.3 is 0 Å². The summed E-state index contributed by atoms with van der Waals surface area (Å²) in [5.74, 6) is 0.484. The van der Waals surface area contributed by atoms with Crippen LogP contribution in [-0.4, -0.2) is 5.11 Å². The zero-order valence-corrected chi connectivity index (χ0v) is 10.0. The Morgan fingerprint density at radius 2 is 1.94 bits per heavy atom. The summed E-state index contributed by atoms with van der Waals surface area (Å²) in [4.78, 5) is 0. The summed E-state index contributed by atoms with van der Waals surface area (Å²) in [6.45, 7) is 0. The van der Waals surface area contributed by atoms with E-state index < -0.39 is 0 Å². The Balaban J connectivity index is 1.98. The highest BCUT2D eigenvalue weighted by Crippen LogP contribution is 2.39. The number of hydrogen-bond acceptors (Lipinski definition) is 2. The van der Waals surface area contributed by atoms with Crippen LogP contribution in [0.25, 0.3) is 10.1 Å². The molecule has 1 saturated carbocycles. The van der Waals surface area contributed by atoms with Crippen molar-refractivity contribution in [3.8, 4) is 0 Å². The number of benzene rings is 1. The average Bonchev–Trinajstić information content (AvgIpc) is 2.98. The fourth-order valence-corrected chi connectivity index (χ4v) is 3.74. The van der Waals surface area contributed by atoms with Crippen molar-refractivity contribution in [2.24, 2.45) is 5.92 Å². The fourth-order valence-electron chi connectivity index (χ4n) is 2.75. The van der Waals surface area contributed by atoms with Crippen molar-refractivity contribution >= 4 is 21.4 Å². The van der Waals surface area contributed by atoms with Crippen molar-refractivity contribution < 1.29 is 5.11 Å². The van der Waals surface area contributed by atoms with E-state index in [0.717, 1.165) is 5.56 Å². The molecule has 3 rings (SSSR count). The lowest BCUT2D eigenvalue weighted by atomic mass is 9.94. The van der Waals surface area contributed by atoms with E-state index in [1.165, 1.54) is 35.8 Å². The van der Waals surface area contributed by atoms with E-state index in [1.54, 1.807) is 11.3 Å². The van der Waals surface area contributed by atoms with Crippen LogP contribution in [0.3, 0.4) is 0 Å². The van der Waals surface area contributed by atoms with Crippen LogP contribution in [0.4, 0.5) is 0 Å². The number of rotatable bonds is 2. The molecule has 0 amide bonds. The molecular weight excluding hydrogens is 216 g/mol. The number of thiophene rings is 1. The van der Waals surface area contributed by atoms with Gasteiger partial charge in [-0.05, 0) is 41.2 Å². The van der Waals surface area contributed by atoms with Gasteiger partial charge in [0.05, 0.1) is 6.10 Å². The number of aliphatic hydroxyl groups is 1. The summed E-state index contributed by atoms with van der Waals surface area (Å²) in [6.07, 6.45) is 4.68. The zero-order valence-electron chi connectivity index (χ0n) is 9.23. The summed E-state index contributed by atoms with van der Waals surface area (Å²) >= 11 is 1.74. The predicted molar refractivity (Wildman–Crippen MR) is 68.7 cm³/mol. The van der Waals surface area contributed by atoms with Gasteiger partial charge in [-0.2, -0.15) is 0 Å². The van der Waals surface area contributed by atoms with E-state index in [1.807, 2.05) is 0 Å². The molecule has 1 unspecified atom stereocenters. The van der Waals surface area contributed by atoms with E-state index in [9.17, 15) is 5.11 Å². The minimum Gasteiger partial charge on any atom is -0.388 e. The van der Waals surface area contributed by atoms with Gasteiger partial charge in [0.15, 0.2) is 0 Å². The first-order chi connectivity index (χ1) is 7.86. The maximum absolute atomic E-state index is 10.4. The second kappa shape index (κ2) is 4.19.